The van der Waals surface area contributed by atoms with E-state index in [4.69, 9.17) is 23.2 Å². The van der Waals surface area contributed by atoms with Gasteiger partial charge in [-0.3, -0.25) is 4.79 Å². The molecule has 0 radical (unpaired) electrons. The monoisotopic (exact) mass is 268 g/mol. The zero-order valence-corrected chi connectivity index (χ0v) is 10.1. The van der Waals surface area contributed by atoms with E-state index in [2.05, 4.69) is 0 Å². The van der Waals surface area contributed by atoms with E-state index < -0.39 is 5.82 Å². The molecule has 0 atom stereocenters. The molecule has 2 rings (SSSR count). The molecule has 0 aliphatic heterocycles. The van der Waals surface area contributed by atoms with E-state index in [9.17, 15) is 9.18 Å². The molecule has 0 aliphatic carbocycles. The summed E-state index contributed by atoms with van der Waals surface area (Å²) >= 11 is 11.9. The highest BCUT2D eigenvalue weighted by Crippen LogP contribution is 2.31. The van der Waals surface area contributed by atoms with E-state index in [-0.39, 0.29) is 5.56 Å². The number of halogens is 3. The van der Waals surface area contributed by atoms with Crippen LogP contribution in [-0.2, 0) is 0 Å². The van der Waals surface area contributed by atoms with Crippen LogP contribution in [0.4, 0.5) is 4.39 Å². The van der Waals surface area contributed by atoms with Crippen molar-refractivity contribution in [2.75, 3.05) is 0 Å². The molecular weight excluding hydrogens is 262 g/mol. The van der Waals surface area contributed by atoms with Crippen LogP contribution in [0.15, 0.2) is 36.4 Å². The third-order valence-corrected chi connectivity index (χ3v) is 2.93. The highest BCUT2D eigenvalue weighted by molar-refractivity contribution is 6.35. The molecule has 0 heterocycles. The fourth-order valence-electron chi connectivity index (χ4n) is 1.51. The molecule has 86 valence electrons. The van der Waals surface area contributed by atoms with Gasteiger partial charge in [-0.05, 0) is 35.9 Å². The lowest BCUT2D eigenvalue weighted by Crippen LogP contribution is -1.89. The van der Waals surface area contributed by atoms with Gasteiger partial charge in [0.2, 0.25) is 0 Å². The average Bonchev–Trinajstić information content (AvgIpc) is 2.32. The summed E-state index contributed by atoms with van der Waals surface area (Å²) in [5, 5.41) is 0.997. The maximum absolute atomic E-state index is 13.5. The number of benzene rings is 2. The predicted octanol–water partition coefficient (Wildman–Crippen LogP) is 4.61. The van der Waals surface area contributed by atoms with E-state index in [0.717, 1.165) is 0 Å². The Balaban J connectivity index is 2.57. The first-order chi connectivity index (χ1) is 8.11. The van der Waals surface area contributed by atoms with Gasteiger partial charge in [-0.2, -0.15) is 0 Å². The van der Waals surface area contributed by atoms with Crippen molar-refractivity contribution in [1.29, 1.82) is 0 Å². The molecule has 0 aliphatic rings. The Morgan fingerprint density at radius 1 is 1.06 bits per heavy atom. The second-order valence-corrected chi connectivity index (χ2v) is 4.32. The molecule has 0 aromatic heterocycles. The smallest absolute Gasteiger partial charge is 0.152 e. The van der Waals surface area contributed by atoms with Gasteiger partial charge in [0.05, 0.1) is 5.56 Å². The van der Waals surface area contributed by atoms with E-state index in [1.165, 1.54) is 12.1 Å². The highest BCUT2D eigenvalue weighted by atomic mass is 35.5. The van der Waals surface area contributed by atoms with Crippen LogP contribution >= 0.6 is 23.2 Å². The first-order valence-corrected chi connectivity index (χ1v) is 5.57. The molecule has 4 heteroatoms. The van der Waals surface area contributed by atoms with Gasteiger partial charge in [-0.25, -0.2) is 4.39 Å². The molecule has 0 saturated carbocycles. The van der Waals surface area contributed by atoms with E-state index in [0.29, 0.717) is 27.5 Å². The van der Waals surface area contributed by atoms with Gasteiger partial charge in [-0.15, -0.1) is 0 Å². The van der Waals surface area contributed by atoms with Crippen molar-refractivity contribution in [2.24, 2.45) is 0 Å². The molecule has 0 N–H and O–H groups in total. The molecule has 1 nitrogen and oxygen atoms in total. The Bertz CT molecular complexity index is 582. The maximum atomic E-state index is 13.5. The molecule has 0 saturated heterocycles. The van der Waals surface area contributed by atoms with Crippen LogP contribution in [0.3, 0.4) is 0 Å². The van der Waals surface area contributed by atoms with E-state index in [1.807, 2.05) is 0 Å². The molecule has 0 bridgehead atoms. The number of hydrogen-bond acceptors (Lipinski definition) is 1. The Labute approximate surface area is 108 Å². The zero-order valence-electron chi connectivity index (χ0n) is 8.58. The topological polar surface area (TPSA) is 17.1 Å². The molecule has 2 aromatic carbocycles. The molecule has 0 unspecified atom stereocenters. The minimum Gasteiger partial charge on any atom is -0.298 e. The lowest BCUT2D eigenvalue weighted by atomic mass is 10.0. The molecule has 0 fully saturated rings. The molecule has 17 heavy (non-hydrogen) atoms. The van der Waals surface area contributed by atoms with Gasteiger partial charge < -0.3 is 0 Å². The fraction of sp³-hybridized carbons (Fsp3) is 0. The van der Waals surface area contributed by atoms with Crippen molar-refractivity contribution in [2.45, 2.75) is 0 Å². The van der Waals surface area contributed by atoms with Crippen molar-refractivity contribution in [3.63, 3.8) is 0 Å². The fourth-order valence-corrected chi connectivity index (χ4v) is 1.91. The lowest BCUT2D eigenvalue weighted by Gasteiger charge is -2.06. The van der Waals surface area contributed by atoms with Gasteiger partial charge >= 0.3 is 0 Å². The number of carbonyl (C=O) groups is 1. The van der Waals surface area contributed by atoms with Gasteiger partial charge in [0.15, 0.2) is 6.29 Å². The Morgan fingerprint density at radius 3 is 2.47 bits per heavy atom. The summed E-state index contributed by atoms with van der Waals surface area (Å²) in [5.41, 5.74) is 1.24. The quantitative estimate of drug-likeness (QED) is 0.727. The first-order valence-electron chi connectivity index (χ1n) is 4.82. The maximum Gasteiger partial charge on any atom is 0.152 e. The van der Waals surface area contributed by atoms with Crippen LogP contribution in [-0.4, -0.2) is 6.29 Å². The van der Waals surface area contributed by atoms with Gasteiger partial charge in [-0.1, -0.05) is 29.3 Å². The van der Waals surface area contributed by atoms with Gasteiger partial charge in [0.25, 0.3) is 0 Å². The summed E-state index contributed by atoms with van der Waals surface area (Å²) in [6.45, 7) is 0. The summed E-state index contributed by atoms with van der Waals surface area (Å²) in [6, 6.07) is 9.26. The lowest BCUT2D eigenvalue weighted by molar-refractivity contribution is 0.112. The minimum absolute atomic E-state index is 0.0203. The van der Waals surface area contributed by atoms with Crippen molar-refractivity contribution >= 4 is 29.5 Å². The second-order valence-electron chi connectivity index (χ2n) is 3.48. The Morgan fingerprint density at radius 2 is 1.82 bits per heavy atom. The average molecular weight is 269 g/mol. The SMILES string of the molecule is O=Cc1ccc(-c2cc(Cl)ccc2Cl)cc1F. The van der Waals surface area contributed by atoms with Crippen LogP contribution in [0.5, 0.6) is 0 Å². The van der Waals surface area contributed by atoms with Gasteiger partial charge in [0.1, 0.15) is 5.82 Å². The Kier molecular flexibility index (Phi) is 3.46. The van der Waals surface area contributed by atoms with Crippen molar-refractivity contribution in [3.8, 4) is 11.1 Å². The summed E-state index contributed by atoms with van der Waals surface area (Å²) < 4.78 is 13.5. The molecular formula is C13H7Cl2FO. The largest absolute Gasteiger partial charge is 0.298 e. The zero-order chi connectivity index (χ0) is 12.4. The molecule has 0 amide bonds. The van der Waals surface area contributed by atoms with E-state index in [1.54, 1.807) is 24.3 Å². The number of carbonyl (C=O) groups excluding carboxylic acids is 1. The number of hydrogen-bond donors (Lipinski definition) is 0. The first kappa shape index (κ1) is 12.1. The van der Waals surface area contributed by atoms with Crippen molar-refractivity contribution in [1.82, 2.24) is 0 Å². The molecule has 0 spiro atoms. The number of aldehydes is 1. The normalized spacial score (nSPS) is 10.3. The van der Waals surface area contributed by atoms with Crippen LogP contribution < -0.4 is 0 Å². The highest BCUT2D eigenvalue weighted by Gasteiger charge is 2.08. The van der Waals surface area contributed by atoms with Gasteiger partial charge in [0, 0.05) is 15.6 Å². The van der Waals surface area contributed by atoms with Crippen LogP contribution in [0.2, 0.25) is 10.0 Å². The van der Waals surface area contributed by atoms with Crippen LogP contribution in [0.25, 0.3) is 11.1 Å². The van der Waals surface area contributed by atoms with Crippen molar-refractivity contribution < 1.29 is 9.18 Å². The van der Waals surface area contributed by atoms with Crippen LogP contribution in [0, 0.1) is 5.82 Å². The standard InChI is InChI=1S/C13H7Cl2FO/c14-10-3-4-12(15)11(6-10)8-1-2-9(7-17)13(16)5-8/h1-7H. The van der Waals surface area contributed by atoms with E-state index >= 15 is 0 Å². The Hall–Kier alpha value is -1.38. The summed E-state index contributed by atoms with van der Waals surface area (Å²) in [5.74, 6) is -0.575. The summed E-state index contributed by atoms with van der Waals surface area (Å²) in [4.78, 5) is 10.5. The minimum atomic E-state index is -0.575. The third kappa shape index (κ3) is 2.48. The predicted molar refractivity (Wildman–Crippen MR) is 67.2 cm³/mol. The summed E-state index contributed by atoms with van der Waals surface area (Å²) in [7, 11) is 0. The number of rotatable bonds is 2. The van der Waals surface area contributed by atoms with Crippen molar-refractivity contribution in [3.05, 3.63) is 57.8 Å². The molecule has 2 aromatic rings. The third-order valence-electron chi connectivity index (χ3n) is 2.37. The summed E-state index contributed by atoms with van der Waals surface area (Å²) in [6.07, 6.45) is 0.471. The van der Waals surface area contributed by atoms with Crippen LogP contribution in [0.1, 0.15) is 10.4 Å². The second kappa shape index (κ2) is 4.86.